The highest BCUT2D eigenvalue weighted by Gasteiger charge is 2.38. The third-order valence-corrected chi connectivity index (χ3v) is 5.46. The van der Waals surface area contributed by atoms with Gasteiger partial charge in [-0.25, -0.2) is 4.98 Å². The lowest BCUT2D eigenvalue weighted by atomic mass is 10.0. The molecule has 1 fully saturated rings. The molecule has 1 aliphatic rings. The predicted octanol–water partition coefficient (Wildman–Crippen LogP) is 7.01. The van der Waals surface area contributed by atoms with E-state index in [2.05, 4.69) is 61.7 Å². The van der Waals surface area contributed by atoms with E-state index in [1.807, 2.05) is 6.92 Å². The highest BCUT2D eigenvalue weighted by molar-refractivity contribution is 5.85. The van der Waals surface area contributed by atoms with Crippen LogP contribution in [0.4, 0.5) is 5.69 Å². The number of ether oxygens (including phenoxy) is 2. The Morgan fingerprint density at radius 1 is 1.24 bits per heavy atom. The number of rotatable bonds is 13. The Bertz CT molecular complexity index is 839. The fraction of sp³-hybridized carbons (Fsp3) is 0.593. The number of nitrogens with one attached hydrogen (secondary N) is 2. The van der Waals surface area contributed by atoms with Crippen LogP contribution in [-0.4, -0.2) is 36.4 Å². The van der Waals surface area contributed by atoms with Crippen LogP contribution in [0.25, 0.3) is 0 Å². The molecule has 0 aromatic carbocycles. The van der Waals surface area contributed by atoms with E-state index < -0.39 is 0 Å². The molecular formula is C27H44N4O2. The summed E-state index contributed by atoms with van der Waals surface area (Å²) >= 11 is 0. The molecule has 0 amide bonds. The number of unbranched alkanes of at least 4 members (excludes halogenated alkanes) is 1. The number of aromatic nitrogens is 2. The molecule has 2 rings (SSSR count). The Kier molecular flexibility index (Phi) is 12.5. The smallest absolute Gasteiger partial charge is 0.241 e. The number of methoxy groups -OCH3 is 1. The molecule has 1 aliphatic carbocycles. The number of nitrogens with zero attached hydrogens (tertiary/aromatic N) is 2. The summed E-state index contributed by atoms with van der Waals surface area (Å²) in [4.78, 5) is 8.24. The Hall–Kier alpha value is -2.63. The van der Waals surface area contributed by atoms with Crippen molar-refractivity contribution in [1.29, 1.82) is 5.41 Å². The van der Waals surface area contributed by atoms with Crippen molar-refractivity contribution in [2.45, 2.75) is 80.1 Å². The maximum absolute atomic E-state index is 7.22. The van der Waals surface area contributed by atoms with Gasteiger partial charge in [-0.1, -0.05) is 39.3 Å². The number of hydrogen-bond acceptors (Lipinski definition) is 6. The van der Waals surface area contributed by atoms with Gasteiger partial charge in [0, 0.05) is 18.2 Å². The summed E-state index contributed by atoms with van der Waals surface area (Å²) in [6.45, 7) is 18.2. The predicted molar refractivity (Wildman–Crippen MR) is 139 cm³/mol. The van der Waals surface area contributed by atoms with E-state index in [9.17, 15) is 0 Å². The van der Waals surface area contributed by atoms with Crippen molar-refractivity contribution >= 4 is 11.9 Å². The monoisotopic (exact) mass is 456 g/mol. The lowest BCUT2D eigenvalue weighted by Gasteiger charge is -2.14. The minimum Gasteiger partial charge on any atom is -0.493 e. The normalized spacial score (nSPS) is 14.6. The molecule has 0 saturated heterocycles. The summed E-state index contributed by atoms with van der Waals surface area (Å²) in [5.74, 6) is 2.12. The molecule has 1 aromatic rings. The summed E-state index contributed by atoms with van der Waals surface area (Å²) in [6, 6.07) is 0. The van der Waals surface area contributed by atoms with E-state index >= 15 is 0 Å². The molecule has 33 heavy (non-hydrogen) atoms. The van der Waals surface area contributed by atoms with Gasteiger partial charge in [-0.2, -0.15) is 4.98 Å². The van der Waals surface area contributed by atoms with E-state index in [1.54, 1.807) is 14.0 Å². The van der Waals surface area contributed by atoms with Gasteiger partial charge in [0.2, 0.25) is 5.88 Å². The average Bonchev–Trinajstić information content (AvgIpc) is 3.53. The zero-order chi connectivity index (χ0) is 24.9. The van der Waals surface area contributed by atoms with Gasteiger partial charge in [-0.15, -0.1) is 0 Å². The van der Waals surface area contributed by atoms with Crippen LogP contribution in [-0.2, 0) is 4.74 Å². The van der Waals surface area contributed by atoms with E-state index in [-0.39, 0.29) is 0 Å². The molecular weight excluding hydrogens is 412 g/mol. The van der Waals surface area contributed by atoms with Gasteiger partial charge in [0.15, 0.2) is 0 Å². The molecule has 0 radical (unpaired) electrons. The number of anilines is 1. The molecule has 1 heterocycles. The van der Waals surface area contributed by atoms with Crippen molar-refractivity contribution in [3.05, 3.63) is 47.2 Å². The second kappa shape index (κ2) is 14.5. The van der Waals surface area contributed by atoms with Gasteiger partial charge >= 0.3 is 0 Å². The van der Waals surface area contributed by atoms with Crippen LogP contribution in [0, 0.1) is 17.7 Å². The standard InChI is InChI=1S/C18H30O.C9H14N4O/c1-6-8-10-16(15(3)4)13-17(9-7-2)19-14-18(5)11-12-18;1-4-11-8-7(5-10)12-6(2)13-9(8)14-3/h9,13H,3,6-8,10-12,14H2,1-2,4-5H3;5,10-11H,4H2,1-3H3/b16-13-,17-9+;. The van der Waals surface area contributed by atoms with Gasteiger partial charge < -0.3 is 20.2 Å². The van der Waals surface area contributed by atoms with Crippen molar-refractivity contribution in [3.8, 4) is 5.88 Å². The van der Waals surface area contributed by atoms with Crippen LogP contribution in [0.15, 0.2) is 35.6 Å². The van der Waals surface area contributed by atoms with Gasteiger partial charge in [0.1, 0.15) is 23.0 Å². The van der Waals surface area contributed by atoms with Crippen LogP contribution in [0.2, 0.25) is 0 Å². The highest BCUT2D eigenvalue weighted by atomic mass is 16.5. The van der Waals surface area contributed by atoms with Gasteiger partial charge in [-0.3, -0.25) is 0 Å². The highest BCUT2D eigenvalue weighted by Crippen LogP contribution is 2.45. The third-order valence-electron chi connectivity index (χ3n) is 5.46. The van der Waals surface area contributed by atoms with E-state index in [1.165, 1.54) is 37.5 Å². The maximum atomic E-state index is 7.22. The van der Waals surface area contributed by atoms with Crippen LogP contribution < -0.4 is 10.1 Å². The summed E-state index contributed by atoms with van der Waals surface area (Å²) in [6.07, 6.45) is 12.7. The van der Waals surface area contributed by atoms with Crippen LogP contribution in [0.1, 0.15) is 84.7 Å². The van der Waals surface area contributed by atoms with Crippen molar-refractivity contribution in [2.24, 2.45) is 5.41 Å². The summed E-state index contributed by atoms with van der Waals surface area (Å²) in [5, 5.41) is 10.3. The second-order valence-corrected chi connectivity index (χ2v) is 8.88. The molecule has 1 saturated carbocycles. The molecule has 1 aromatic heterocycles. The van der Waals surface area contributed by atoms with Crippen LogP contribution >= 0.6 is 0 Å². The third kappa shape index (κ3) is 10.2. The van der Waals surface area contributed by atoms with Gasteiger partial charge in [-0.05, 0) is 70.6 Å². The minimum absolute atomic E-state index is 0.438. The SMILES string of the molecule is C=C(C)/C(=C\C(=C/CC)OCC1(C)CC1)CCCC.CCNc1c(C=N)nc(C)nc1OC. The average molecular weight is 457 g/mol. The fourth-order valence-electron chi connectivity index (χ4n) is 3.09. The molecule has 184 valence electrons. The molecule has 0 unspecified atom stereocenters. The lowest BCUT2D eigenvalue weighted by molar-refractivity contribution is 0.170. The lowest BCUT2D eigenvalue weighted by Crippen LogP contribution is -2.08. The van der Waals surface area contributed by atoms with Crippen molar-refractivity contribution in [3.63, 3.8) is 0 Å². The van der Waals surface area contributed by atoms with Crippen molar-refractivity contribution in [1.82, 2.24) is 9.97 Å². The topological polar surface area (TPSA) is 80.1 Å². The first-order chi connectivity index (χ1) is 15.7. The Labute approximate surface area is 201 Å². The molecule has 0 spiro atoms. The number of allylic oxidation sites excluding steroid dienone is 4. The van der Waals surface area contributed by atoms with Crippen LogP contribution in [0.3, 0.4) is 0 Å². The zero-order valence-electron chi connectivity index (χ0n) is 21.8. The molecule has 6 nitrogen and oxygen atoms in total. The summed E-state index contributed by atoms with van der Waals surface area (Å²) in [5.41, 5.74) is 4.17. The second-order valence-electron chi connectivity index (χ2n) is 8.88. The first-order valence-electron chi connectivity index (χ1n) is 12.1. The first kappa shape index (κ1) is 28.4. The quantitative estimate of drug-likeness (QED) is 0.189. The number of hydrogen-bond donors (Lipinski definition) is 2. The summed E-state index contributed by atoms with van der Waals surface area (Å²) in [7, 11) is 1.55. The minimum atomic E-state index is 0.438. The molecule has 0 bridgehead atoms. The first-order valence-corrected chi connectivity index (χ1v) is 12.1. The maximum Gasteiger partial charge on any atom is 0.241 e. The van der Waals surface area contributed by atoms with Crippen molar-refractivity contribution in [2.75, 3.05) is 25.6 Å². The molecule has 0 aliphatic heterocycles. The Balaban J connectivity index is 0.000000346. The number of aryl methyl sites for hydroxylation is 1. The fourth-order valence-corrected chi connectivity index (χ4v) is 3.09. The van der Waals surface area contributed by atoms with Gasteiger partial charge in [0.05, 0.1) is 13.7 Å². The van der Waals surface area contributed by atoms with E-state index in [0.29, 0.717) is 28.5 Å². The largest absolute Gasteiger partial charge is 0.493 e. The van der Waals surface area contributed by atoms with Crippen LogP contribution in [0.5, 0.6) is 5.88 Å². The van der Waals surface area contributed by atoms with Gasteiger partial charge in [0.25, 0.3) is 0 Å². The molecule has 6 heteroatoms. The summed E-state index contributed by atoms with van der Waals surface area (Å²) < 4.78 is 11.1. The zero-order valence-corrected chi connectivity index (χ0v) is 21.8. The molecule has 0 atom stereocenters. The van der Waals surface area contributed by atoms with E-state index in [0.717, 1.165) is 37.3 Å². The Morgan fingerprint density at radius 2 is 1.94 bits per heavy atom. The van der Waals surface area contributed by atoms with Crippen molar-refractivity contribution < 1.29 is 9.47 Å². The molecule has 2 N–H and O–H groups in total. The van der Waals surface area contributed by atoms with E-state index in [4.69, 9.17) is 14.9 Å². The Morgan fingerprint density at radius 3 is 2.42 bits per heavy atom.